The van der Waals surface area contributed by atoms with E-state index >= 15 is 0 Å². The van der Waals surface area contributed by atoms with E-state index in [1.54, 1.807) is 24.1 Å². The van der Waals surface area contributed by atoms with Crippen LogP contribution in [0.4, 0.5) is 4.39 Å². The number of rotatable bonds is 8. The number of methoxy groups -OCH3 is 1. The molecule has 0 aliphatic carbocycles. The van der Waals surface area contributed by atoms with Crippen molar-refractivity contribution in [2.75, 3.05) is 13.7 Å². The summed E-state index contributed by atoms with van der Waals surface area (Å²) in [6.45, 7) is 0.751. The fourth-order valence-corrected chi connectivity index (χ4v) is 3.76. The van der Waals surface area contributed by atoms with Gasteiger partial charge in [0.15, 0.2) is 6.10 Å². The predicted molar refractivity (Wildman–Crippen MR) is 121 cm³/mol. The topological polar surface area (TPSA) is 51.1 Å². The molecule has 1 aliphatic rings. The first-order chi connectivity index (χ1) is 15.6. The van der Waals surface area contributed by atoms with Gasteiger partial charge in [-0.15, -0.1) is 0 Å². The smallest absolute Gasteiger partial charge is 0.227 e. The number of hydrogen-bond acceptors (Lipinski definition) is 4. The van der Waals surface area contributed by atoms with Gasteiger partial charge < -0.3 is 14.5 Å². The number of hydrogen-bond donors (Lipinski definition) is 0. The van der Waals surface area contributed by atoms with E-state index in [-0.39, 0.29) is 24.2 Å². The first-order valence-corrected chi connectivity index (χ1v) is 10.5. The Morgan fingerprint density at radius 3 is 2.50 bits per heavy atom. The van der Waals surface area contributed by atoms with E-state index < -0.39 is 0 Å². The van der Waals surface area contributed by atoms with Crippen molar-refractivity contribution in [1.82, 2.24) is 4.90 Å². The molecule has 1 heterocycles. The summed E-state index contributed by atoms with van der Waals surface area (Å²) in [5.74, 6) is 0.415. The molecule has 5 nitrogen and oxygen atoms in total. The highest BCUT2D eigenvalue weighted by molar-refractivity contribution is 6.03. The Balaban J connectivity index is 1.47. The Kier molecular flexibility index (Phi) is 6.80. The van der Waals surface area contributed by atoms with Crippen LogP contribution in [-0.2, 0) is 22.6 Å². The average Bonchev–Trinajstić information content (AvgIpc) is 3.29. The van der Waals surface area contributed by atoms with Gasteiger partial charge in [-0.2, -0.15) is 0 Å². The van der Waals surface area contributed by atoms with Gasteiger partial charge in [0.25, 0.3) is 0 Å². The monoisotopic (exact) mass is 432 g/mol. The molecule has 0 aromatic heterocycles. The van der Waals surface area contributed by atoms with Gasteiger partial charge in [-0.1, -0.05) is 59.8 Å². The van der Waals surface area contributed by atoms with Crippen LogP contribution in [0.15, 0.2) is 84.0 Å². The van der Waals surface area contributed by atoms with E-state index in [0.717, 1.165) is 28.2 Å². The van der Waals surface area contributed by atoms with Crippen molar-refractivity contribution in [3.05, 3.63) is 101 Å². The highest BCUT2D eigenvalue weighted by atomic mass is 19.1. The van der Waals surface area contributed by atoms with Gasteiger partial charge in [0, 0.05) is 18.5 Å². The van der Waals surface area contributed by atoms with Crippen LogP contribution in [0.2, 0.25) is 0 Å². The van der Waals surface area contributed by atoms with Crippen LogP contribution in [-0.4, -0.2) is 36.3 Å². The molecule has 0 fully saturated rings. The summed E-state index contributed by atoms with van der Waals surface area (Å²) in [4.78, 5) is 20.6. The molecular weight excluding hydrogens is 407 g/mol. The minimum absolute atomic E-state index is 0.0186. The normalized spacial score (nSPS) is 15.1. The zero-order valence-electron chi connectivity index (χ0n) is 17.9. The summed E-state index contributed by atoms with van der Waals surface area (Å²) in [6.07, 6.45) is 0.587. The molecule has 0 radical (unpaired) electrons. The summed E-state index contributed by atoms with van der Waals surface area (Å²) < 4.78 is 18.8. The quantitative estimate of drug-likeness (QED) is 0.523. The summed E-state index contributed by atoms with van der Waals surface area (Å²) in [5, 5.41) is 4.26. The highest BCUT2D eigenvalue weighted by Gasteiger charge is 2.28. The molecule has 1 aliphatic heterocycles. The standard InChI is InChI=1S/C26H25FN2O3/c1-31-25-10-6-5-9-23(25)24-16-22(32-28-24)18-29(17-20-11-13-21(27)14-12-20)26(30)15-19-7-3-2-4-8-19/h2-14,22H,15-18H2,1H3. The second-order valence-electron chi connectivity index (χ2n) is 7.73. The van der Waals surface area contributed by atoms with Crippen molar-refractivity contribution in [2.45, 2.75) is 25.5 Å². The molecule has 4 rings (SSSR count). The molecular formula is C26H25FN2O3. The van der Waals surface area contributed by atoms with Crippen molar-refractivity contribution in [1.29, 1.82) is 0 Å². The van der Waals surface area contributed by atoms with Gasteiger partial charge >= 0.3 is 0 Å². The lowest BCUT2D eigenvalue weighted by atomic mass is 10.0. The first-order valence-electron chi connectivity index (χ1n) is 10.5. The molecule has 164 valence electrons. The molecule has 1 amide bonds. The van der Waals surface area contributed by atoms with E-state index in [1.807, 2.05) is 54.6 Å². The number of carbonyl (C=O) groups excluding carboxylic acids is 1. The Morgan fingerprint density at radius 2 is 1.75 bits per heavy atom. The molecule has 1 atom stereocenters. The van der Waals surface area contributed by atoms with Gasteiger partial charge in [-0.25, -0.2) is 4.39 Å². The molecule has 3 aromatic rings. The maximum atomic E-state index is 13.3. The molecule has 0 bridgehead atoms. The van der Waals surface area contributed by atoms with Crippen LogP contribution in [0.1, 0.15) is 23.1 Å². The van der Waals surface area contributed by atoms with E-state index in [9.17, 15) is 9.18 Å². The van der Waals surface area contributed by atoms with Crippen LogP contribution in [0.5, 0.6) is 5.75 Å². The maximum absolute atomic E-state index is 13.3. The summed E-state index contributed by atoms with van der Waals surface area (Å²) in [6, 6.07) is 23.5. The van der Waals surface area contributed by atoms with Gasteiger partial charge in [0.05, 0.1) is 25.8 Å². The molecule has 0 saturated carbocycles. The Morgan fingerprint density at radius 1 is 1.03 bits per heavy atom. The average molecular weight is 432 g/mol. The van der Waals surface area contributed by atoms with E-state index in [1.165, 1.54) is 12.1 Å². The van der Waals surface area contributed by atoms with Gasteiger partial charge in [-0.3, -0.25) is 4.79 Å². The SMILES string of the molecule is COc1ccccc1C1=NOC(CN(Cc2ccc(F)cc2)C(=O)Cc2ccccc2)C1. The molecule has 32 heavy (non-hydrogen) atoms. The third kappa shape index (κ3) is 5.32. The van der Waals surface area contributed by atoms with Crippen LogP contribution in [0.3, 0.4) is 0 Å². The summed E-state index contributed by atoms with van der Waals surface area (Å²) >= 11 is 0. The van der Waals surface area contributed by atoms with Gasteiger partial charge in [0.2, 0.25) is 5.91 Å². The number of para-hydroxylation sites is 1. The minimum atomic E-state index is -0.301. The molecule has 6 heteroatoms. The molecule has 1 unspecified atom stereocenters. The number of halogens is 1. The number of benzene rings is 3. The van der Waals surface area contributed by atoms with Crippen LogP contribution >= 0.6 is 0 Å². The Hall–Kier alpha value is -3.67. The molecule has 0 saturated heterocycles. The van der Waals surface area contributed by atoms with E-state index in [0.29, 0.717) is 19.5 Å². The number of carbonyl (C=O) groups is 1. The fourth-order valence-electron chi connectivity index (χ4n) is 3.76. The number of oxime groups is 1. The summed E-state index contributed by atoms with van der Waals surface area (Å²) in [5.41, 5.74) is 3.49. The largest absolute Gasteiger partial charge is 0.496 e. The zero-order chi connectivity index (χ0) is 22.3. The van der Waals surface area contributed by atoms with Crippen molar-refractivity contribution < 1.29 is 18.8 Å². The van der Waals surface area contributed by atoms with Crippen molar-refractivity contribution >= 4 is 11.6 Å². The minimum Gasteiger partial charge on any atom is -0.496 e. The Bertz CT molecular complexity index is 1080. The number of ether oxygens (including phenoxy) is 1. The third-order valence-electron chi connectivity index (χ3n) is 5.41. The molecule has 0 spiro atoms. The van der Waals surface area contributed by atoms with E-state index in [4.69, 9.17) is 9.57 Å². The van der Waals surface area contributed by atoms with Gasteiger partial charge in [0.1, 0.15) is 11.6 Å². The predicted octanol–water partition coefficient (Wildman–Crippen LogP) is 4.60. The van der Waals surface area contributed by atoms with Crippen molar-refractivity contribution in [3.8, 4) is 5.75 Å². The second-order valence-corrected chi connectivity index (χ2v) is 7.73. The van der Waals surface area contributed by atoms with Crippen LogP contribution < -0.4 is 4.74 Å². The number of nitrogens with zero attached hydrogens (tertiary/aromatic N) is 2. The first kappa shape index (κ1) is 21.6. The van der Waals surface area contributed by atoms with Crippen LogP contribution in [0.25, 0.3) is 0 Å². The lowest BCUT2D eigenvalue weighted by Crippen LogP contribution is -2.38. The second kappa shape index (κ2) is 10.1. The molecule has 0 N–H and O–H groups in total. The summed E-state index contributed by atoms with van der Waals surface area (Å²) in [7, 11) is 1.62. The zero-order valence-corrected chi connectivity index (χ0v) is 17.9. The van der Waals surface area contributed by atoms with Crippen molar-refractivity contribution in [3.63, 3.8) is 0 Å². The number of amides is 1. The van der Waals surface area contributed by atoms with E-state index in [2.05, 4.69) is 5.16 Å². The fraction of sp³-hybridized carbons (Fsp3) is 0.231. The maximum Gasteiger partial charge on any atom is 0.227 e. The lowest BCUT2D eigenvalue weighted by Gasteiger charge is -2.25. The molecule has 3 aromatic carbocycles. The third-order valence-corrected chi connectivity index (χ3v) is 5.41. The highest BCUT2D eigenvalue weighted by Crippen LogP contribution is 2.25. The van der Waals surface area contributed by atoms with Gasteiger partial charge in [-0.05, 0) is 35.4 Å². The van der Waals surface area contributed by atoms with Crippen LogP contribution in [0, 0.1) is 5.82 Å². The Labute approximate surface area is 187 Å². The van der Waals surface area contributed by atoms with Crippen molar-refractivity contribution in [2.24, 2.45) is 5.16 Å². The lowest BCUT2D eigenvalue weighted by molar-refractivity contribution is -0.132.